The molecule has 0 aliphatic carbocycles. The molecular weight excluding hydrogens is 394 g/mol. The number of rotatable bonds is 3. The lowest BCUT2D eigenvalue weighted by atomic mass is 9.93. The van der Waals surface area contributed by atoms with E-state index in [9.17, 15) is 4.79 Å². The third kappa shape index (κ3) is 3.45. The van der Waals surface area contributed by atoms with E-state index in [0.29, 0.717) is 29.6 Å². The Kier molecular flexibility index (Phi) is 5.23. The molecule has 1 N–H and O–H groups in total. The zero-order valence-electron chi connectivity index (χ0n) is 15.9. The van der Waals surface area contributed by atoms with Crippen LogP contribution in [0, 0.1) is 13.8 Å². The molecule has 0 spiro atoms. The molecule has 2 aliphatic rings. The number of hydrogen-bond donors (Lipinski definition) is 1. The molecular formula is C20H20ClN5OS. The minimum Gasteiger partial charge on any atom is -0.302 e. The van der Waals surface area contributed by atoms with Crippen LogP contribution in [-0.4, -0.2) is 45.2 Å². The van der Waals surface area contributed by atoms with Crippen LogP contribution in [0.25, 0.3) is 11.3 Å². The number of nitrogens with zero attached hydrogens (tertiary/aromatic N) is 4. The fourth-order valence-electron chi connectivity index (χ4n) is 3.47. The Balaban J connectivity index is 1.69. The third-order valence-electron chi connectivity index (χ3n) is 4.84. The summed E-state index contributed by atoms with van der Waals surface area (Å²) in [6.45, 7) is 5.04. The van der Waals surface area contributed by atoms with Gasteiger partial charge in [-0.1, -0.05) is 29.6 Å². The fraction of sp³-hybridized carbons (Fsp3) is 0.300. The summed E-state index contributed by atoms with van der Waals surface area (Å²) in [7, 11) is 0. The van der Waals surface area contributed by atoms with Gasteiger partial charge in [0.25, 0.3) is 0 Å². The first-order valence-electron chi connectivity index (χ1n) is 8.91. The average Bonchev–Trinajstić information content (AvgIpc) is 2.69. The van der Waals surface area contributed by atoms with Gasteiger partial charge in [0.15, 0.2) is 0 Å². The smallest absolute Gasteiger partial charge is 0.204 e. The van der Waals surface area contributed by atoms with Gasteiger partial charge in [-0.3, -0.25) is 25.1 Å². The van der Waals surface area contributed by atoms with E-state index in [1.165, 1.54) is 0 Å². The standard InChI is InChI=1S/C20H20ClN5OS/c1-11-4-12(2)17(23-6-11)14-5-16(22-8-15(14)21)19-20(27)18-13(7-24-19)9-26(28-3)10-25-18/h4-6,8-9,19,24H,7,10H2,1-3H3. The highest BCUT2D eigenvalue weighted by Gasteiger charge is 2.34. The summed E-state index contributed by atoms with van der Waals surface area (Å²) in [6.07, 6.45) is 7.37. The van der Waals surface area contributed by atoms with E-state index in [0.717, 1.165) is 28.0 Å². The van der Waals surface area contributed by atoms with Gasteiger partial charge in [0.2, 0.25) is 5.78 Å². The van der Waals surface area contributed by atoms with E-state index in [4.69, 9.17) is 11.6 Å². The number of carbonyl (C=O) groups excluding carboxylic acids is 1. The lowest BCUT2D eigenvalue weighted by Crippen LogP contribution is -2.44. The zero-order valence-corrected chi connectivity index (χ0v) is 17.4. The molecule has 2 aliphatic heterocycles. The van der Waals surface area contributed by atoms with E-state index in [-0.39, 0.29) is 5.78 Å². The second-order valence-corrected chi connectivity index (χ2v) is 8.09. The number of nitrogens with one attached hydrogen (secondary N) is 1. The second kappa shape index (κ2) is 7.66. The molecule has 1 unspecified atom stereocenters. The minimum absolute atomic E-state index is 0.0624. The van der Waals surface area contributed by atoms with Crippen LogP contribution in [0.2, 0.25) is 5.02 Å². The normalized spacial score (nSPS) is 19.2. The van der Waals surface area contributed by atoms with Crippen molar-refractivity contribution in [2.45, 2.75) is 19.9 Å². The molecule has 1 saturated heterocycles. The molecule has 4 heterocycles. The molecule has 2 aromatic heterocycles. The first kappa shape index (κ1) is 19.1. The number of pyridine rings is 2. The number of aliphatic imine (C=N–C) groups is 1. The molecule has 28 heavy (non-hydrogen) atoms. The highest BCUT2D eigenvalue weighted by Crippen LogP contribution is 2.32. The largest absolute Gasteiger partial charge is 0.302 e. The Bertz CT molecular complexity index is 1020. The highest BCUT2D eigenvalue weighted by molar-refractivity contribution is 7.96. The number of carbonyl (C=O) groups is 1. The number of fused-ring (bicyclic) bond motifs is 1. The number of hydrogen-bond acceptors (Lipinski definition) is 7. The number of aryl methyl sites for hydroxylation is 2. The van der Waals surface area contributed by atoms with Gasteiger partial charge in [-0.05, 0) is 31.0 Å². The van der Waals surface area contributed by atoms with Crippen molar-refractivity contribution in [3.05, 3.63) is 58.1 Å². The van der Waals surface area contributed by atoms with Gasteiger partial charge in [0, 0.05) is 42.5 Å². The summed E-state index contributed by atoms with van der Waals surface area (Å²) >= 11 is 7.99. The van der Waals surface area contributed by atoms with E-state index in [1.807, 2.05) is 42.9 Å². The van der Waals surface area contributed by atoms with Crippen LogP contribution in [0.4, 0.5) is 0 Å². The van der Waals surface area contributed by atoms with Crippen molar-refractivity contribution in [1.82, 2.24) is 19.6 Å². The van der Waals surface area contributed by atoms with E-state index >= 15 is 0 Å². The number of piperidine rings is 1. The monoisotopic (exact) mass is 413 g/mol. The van der Waals surface area contributed by atoms with Gasteiger partial charge >= 0.3 is 0 Å². The summed E-state index contributed by atoms with van der Waals surface area (Å²) in [6, 6.07) is 3.38. The first-order chi connectivity index (χ1) is 13.5. The predicted molar refractivity (Wildman–Crippen MR) is 113 cm³/mol. The Morgan fingerprint density at radius 2 is 2.07 bits per heavy atom. The average molecular weight is 414 g/mol. The summed E-state index contributed by atoms with van der Waals surface area (Å²) in [5.74, 6) is -0.0624. The summed E-state index contributed by atoms with van der Waals surface area (Å²) in [4.78, 5) is 26.5. The topological polar surface area (TPSA) is 70.5 Å². The number of Topliss-reactive ketones (excluding diaryl/α,β-unsaturated/α-hetero) is 1. The molecule has 6 nitrogen and oxygen atoms in total. The van der Waals surface area contributed by atoms with Gasteiger partial charge in [-0.15, -0.1) is 0 Å². The maximum atomic E-state index is 13.1. The van der Waals surface area contributed by atoms with Crippen molar-refractivity contribution < 1.29 is 4.79 Å². The second-order valence-electron chi connectivity index (χ2n) is 6.85. The van der Waals surface area contributed by atoms with Crippen LogP contribution >= 0.6 is 23.5 Å². The van der Waals surface area contributed by atoms with Gasteiger partial charge in [0.1, 0.15) is 18.4 Å². The minimum atomic E-state index is -0.543. The third-order valence-corrected chi connectivity index (χ3v) is 5.83. The summed E-state index contributed by atoms with van der Waals surface area (Å²) in [5.41, 5.74) is 5.77. The SMILES string of the molecule is CSN1C=C2CNC(c3cc(-c4ncc(C)cc4C)c(Cl)cn3)C(=O)C2=NC1. The van der Waals surface area contributed by atoms with Crippen molar-refractivity contribution in [3.8, 4) is 11.3 Å². The van der Waals surface area contributed by atoms with Crippen molar-refractivity contribution in [2.75, 3.05) is 19.5 Å². The number of ketones is 1. The van der Waals surface area contributed by atoms with Crippen LogP contribution in [0.1, 0.15) is 22.9 Å². The highest BCUT2D eigenvalue weighted by atomic mass is 35.5. The molecule has 0 radical (unpaired) electrons. The van der Waals surface area contributed by atoms with Crippen molar-refractivity contribution >= 4 is 35.0 Å². The molecule has 1 atom stereocenters. The molecule has 0 saturated carbocycles. The maximum absolute atomic E-state index is 13.1. The van der Waals surface area contributed by atoms with Crippen molar-refractivity contribution in [2.24, 2.45) is 4.99 Å². The van der Waals surface area contributed by atoms with E-state index in [2.05, 4.69) is 26.3 Å². The van der Waals surface area contributed by atoms with Gasteiger partial charge < -0.3 is 4.31 Å². The van der Waals surface area contributed by atoms with Crippen LogP contribution in [-0.2, 0) is 4.79 Å². The Morgan fingerprint density at radius 3 is 2.82 bits per heavy atom. The number of aromatic nitrogens is 2. The quantitative estimate of drug-likeness (QED) is 0.776. The Labute approximate surface area is 173 Å². The molecule has 0 bridgehead atoms. The first-order valence-corrected chi connectivity index (χ1v) is 10.5. The van der Waals surface area contributed by atoms with Crippen LogP contribution < -0.4 is 5.32 Å². The summed E-state index contributed by atoms with van der Waals surface area (Å²) < 4.78 is 2.00. The fourth-order valence-corrected chi connectivity index (χ4v) is 4.06. The van der Waals surface area contributed by atoms with Crippen molar-refractivity contribution in [3.63, 3.8) is 0 Å². The maximum Gasteiger partial charge on any atom is 0.204 e. The van der Waals surface area contributed by atoms with Gasteiger partial charge in [-0.2, -0.15) is 0 Å². The van der Waals surface area contributed by atoms with Crippen LogP contribution in [0.3, 0.4) is 0 Å². The molecule has 2 aromatic rings. The lowest BCUT2D eigenvalue weighted by molar-refractivity contribution is -0.115. The Morgan fingerprint density at radius 1 is 1.25 bits per heavy atom. The van der Waals surface area contributed by atoms with Crippen LogP contribution in [0.5, 0.6) is 0 Å². The molecule has 0 amide bonds. The molecule has 4 rings (SSSR count). The van der Waals surface area contributed by atoms with E-state index in [1.54, 1.807) is 18.1 Å². The molecule has 0 aromatic carbocycles. The van der Waals surface area contributed by atoms with Gasteiger partial charge in [-0.25, -0.2) is 0 Å². The summed E-state index contributed by atoms with van der Waals surface area (Å²) in [5, 5.41) is 3.80. The van der Waals surface area contributed by atoms with E-state index < -0.39 is 6.04 Å². The lowest BCUT2D eigenvalue weighted by Gasteiger charge is -2.30. The molecule has 1 fully saturated rings. The number of halogens is 1. The Hall–Kier alpha value is -2.22. The predicted octanol–water partition coefficient (Wildman–Crippen LogP) is 3.50. The van der Waals surface area contributed by atoms with Crippen LogP contribution in [0.15, 0.2) is 41.3 Å². The molecule has 8 heteroatoms. The zero-order chi connectivity index (χ0) is 19.8. The molecule has 144 valence electrons. The van der Waals surface area contributed by atoms with Gasteiger partial charge in [0.05, 0.1) is 16.4 Å². The van der Waals surface area contributed by atoms with Crippen molar-refractivity contribution in [1.29, 1.82) is 0 Å².